The predicted molar refractivity (Wildman–Crippen MR) is 125 cm³/mol. The standard InChI is InChI=1S/C25H54N.ClH.H2O/c1-5-8-11-14-17-20-23-26(4,24-21-18-15-12-9-6-2)25-22-19-16-13-10-7-3;;/h5-25H2,1-4H3;1H;1H2/q+1;;/p-1. The van der Waals surface area contributed by atoms with E-state index >= 15 is 0 Å². The smallest absolute Gasteiger partial charge is 0.0784 e. The van der Waals surface area contributed by atoms with E-state index in [9.17, 15) is 0 Å². The minimum Gasteiger partial charge on any atom is -1.00 e. The van der Waals surface area contributed by atoms with Crippen LogP contribution in [0.15, 0.2) is 0 Å². The molecule has 0 saturated heterocycles. The van der Waals surface area contributed by atoms with Crippen LogP contribution in [0.3, 0.4) is 0 Å². The van der Waals surface area contributed by atoms with Gasteiger partial charge in [-0.05, 0) is 38.5 Å². The molecule has 0 saturated carbocycles. The average molecular weight is 422 g/mol. The molecule has 3 heteroatoms. The second kappa shape index (κ2) is 25.2. The summed E-state index contributed by atoms with van der Waals surface area (Å²) in [5.74, 6) is 0. The lowest BCUT2D eigenvalue weighted by atomic mass is 10.1. The van der Waals surface area contributed by atoms with Gasteiger partial charge in [0.15, 0.2) is 0 Å². The molecule has 0 atom stereocenters. The van der Waals surface area contributed by atoms with Gasteiger partial charge in [-0.15, -0.1) is 0 Å². The molecule has 28 heavy (non-hydrogen) atoms. The summed E-state index contributed by atoms with van der Waals surface area (Å²) in [5, 5.41) is 0. The molecular weight excluding hydrogens is 366 g/mol. The van der Waals surface area contributed by atoms with E-state index in [2.05, 4.69) is 27.8 Å². The molecule has 0 aliphatic carbocycles. The van der Waals surface area contributed by atoms with Crippen LogP contribution in [-0.4, -0.2) is 36.6 Å². The normalized spacial score (nSPS) is 11.1. The molecule has 0 aromatic heterocycles. The predicted octanol–water partition coefficient (Wildman–Crippen LogP) is 4.69. The zero-order valence-corrected chi connectivity index (χ0v) is 20.9. The van der Waals surface area contributed by atoms with E-state index in [0.717, 1.165) is 0 Å². The molecule has 0 fully saturated rings. The van der Waals surface area contributed by atoms with E-state index in [0.29, 0.717) is 0 Å². The van der Waals surface area contributed by atoms with Crippen molar-refractivity contribution in [1.29, 1.82) is 0 Å². The molecule has 2 N–H and O–H groups in total. The first-order chi connectivity index (χ1) is 12.7. The van der Waals surface area contributed by atoms with Gasteiger partial charge in [-0.2, -0.15) is 0 Å². The quantitative estimate of drug-likeness (QED) is 0.190. The third-order valence-corrected chi connectivity index (χ3v) is 6.15. The third-order valence-electron chi connectivity index (χ3n) is 6.15. The highest BCUT2D eigenvalue weighted by Crippen LogP contribution is 2.16. The number of hydrogen-bond acceptors (Lipinski definition) is 0. The summed E-state index contributed by atoms with van der Waals surface area (Å²) in [5.41, 5.74) is 0. The first-order valence-electron chi connectivity index (χ1n) is 12.5. The Morgan fingerprint density at radius 2 is 0.607 bits per heavy atom. The Kier molecular flexibility index (Phi) is 29.6. The maximum atomic E-state index is 2.56. The summed E-state index contributed by atoms with van der Waals surface area (Å²) in [7, 11) is 2.56. The van der Waals surface area contributed by atoms with Crippen LogP contribution in [0.5, 0.6) is 0 Å². The Morgan fingerprint density at radius 1 is 0.393 bits per heavy atom. The van der Waals surface area contributed by atoms with E-state index in [1.54, 1.807) is 0 Å². The van der Waals surface area contributed by atoms with E-state index < -0.39 is 0 Å². The van der Waals surface area contributed by atoms with Gasteiger partial charge in [0.25, 0.3) is 0 Å². The van der Waals surface area contributed by atoms with E-state index in [4.69, 9.17) is 0 Å². The molecule has 0 aliphatic rings. The first-order valence-corrected chi connectivity index (χ1v) is 12.5. The summed E-state index contributed by atoms with van der Waals surface area (Å²) in [6, 6.07) is 0. The van der Waals surface area contributed by atoms with Gasteiger partial charge in [0.05, 0.1) is 26.7 Å². The fraction of sp³-hybridized carbons (Fsp3) is 1.00. The minimum absolute atomic E-state index is 0. The van der Waals surface area contributed by atoms with Crippen molar-refractivity contribution in [1.82, 2.24) is 0 Å². The summed E-state index contributed by atoms with van der Waals surface area (Å²) < 4.78 is 1.36. The molecule has 0 amide bonds. The number of hydrogen-bond donors (Lipinski definition) is 0. The third kappa shape index (κ3) is 22.5. The van der Waals surface area contributed by atoms with Crippen molar-refractivity contribution in [3.63, 3.8) is 0 Å². The van der Waals surface area contributed by atoms with Gasteiger partial charge in [0, 0.05) is 0 Å². The lowest BCUT2D eigenvalue weighted by molar-refractivity contribution is -0.910. The maximum Gasteiger partial charge on any atom is 0.0784 e. The summed E-state index contributed by atoms with van der Waals surface area (Å²) in [4.78, 5) is 0. The molecule has 0 heterocycles. The molecule has 2 nitrogen and oxygen atoms in total. The average Bonchev–Trinajstić information content (AvgIpc) is 2.64. The van der Waals surface area contributed by atoms with Gasteiger partial charge < -0.3 is 22.4 Å². The van der Waals surface area contributed by atoms with Crippen LogP contribution in [0.2, 0.25) is 0 Å². The van der Waals surface area contributed by atoms with Gasteiger partial charge in [0.2, 0.25) is 0 Å². The highest BCUT2D eigenvalue weighted by atomic mass is 35.5. The number of rotatable bonds is 21. The van der Waals surface area contributed by atoms with Gasteiger partial charge in [0.1, 0.15) is 0 Å². The van der Waals surface area contributed by atoms with Gasteiger partial charge in [-0.3, -0.25) is 0 Å². The second-order valence-corrected chi connectivity index (χ2v) is 9.09. The molecule has 0 aromatic carbocycles. The fourth-order valence-corrected chi connectivity index (χ4v) is 4.16. The Labute approximate surface area is 185 Å². The molecule has 0 unspecified atom stereocenters. The second-order valence-electron chi connectivity index (χ2n) is 9.09. The Morgan fingerprint density at radius 3 is 0.857 bits per heavy atom. The van der Waals surface area contributed by atoms with E-state index in [1.165, 1.54) is 140 Å². The van der Waals surface area contributed by atoms with Crippen molar-refractivity contribution in [2.75, 3.05) is 26.7 Å². The van der Waals surface area contributed by atoms with Crippen LogP contribution in [0.4, 0.5) is 0 Å². The summed E-state index contributed by atoms with van der Waals surface area (Å²) in [6.07, 6.45) is 25.9. The fourth-order valence-electron chi connectivity index (χ4n) is 4.16. The maximum absolute atomic E-state index is 2.56. The topological polar surface area (TPSA) is 31.5 Å². The Hall–Kier alpha value is 0.210. The van der Waals surface area contributed by atoms with Crippen LogP contribution < -0.4 is 12.4 Å². The first kappa shape index (κ1) is 32.9. The van der Waals surface area contributed by atoms with Crippen molar-refractivity contribution in [3.05, 3.63) is 0 Å². The number of unbranched alkanes of at least 4 members (excludes halogenated alkanes) is 15. The van der Waals surface area contributed by atoms with Crippen molar-refractivity contribution < 1.29 is 22.4 Å². The molecule has 0 aliphatic heterocycles. The van der Waals surface area contributed by atoms with Gasteiger partial charge in [-0.25, -0.2) is 0 Å². The molecule has 174 valence electrons. The largest absolute Gasteiger partial charge is 1.00 e. The molecule has 0 aromatic rings. The molecule has 0 spiro atoms. The zero-order valence-electron chi connectivity index (χ0n) is 20.2. The van der Waals surface area contributed by atoms with E-state index in [1.807, 2.05) is 0 Å². The zero-order chi connectivity index (χ0) is 19.3. The van der Waals surface area contributed by atoms with Crippen LogP contribution >= 0.6 is 0 Å². The SMILES string of the molecule is CCCCCCCC[N+](C)(CCCCCCCC)CCCCCCCC.O.[Cl-]. The summed E-state index contributed by atoms with van der Waals surface area (Å²) >= 11 is 0. The van der Waals surface area contributed by atoms with Crippen molar-refractivity contribution in [3.8, 4) is 0 Å². The lowest BCUT2D eigenvalue weighted by Crippen LogP contribution is -3.00. The molecular formula is C25H56ClNO. The Balaban J connectivity index is -0.00000312. The van der Waals surface area contributed by atoms with Crippen molar-refractivity contribution in [2.45, 2.75) is 136 Å². The number of quaternary nitrogens is 1. The Bertz CT molecular complexity index is 232. The lowest BCUT2D eigenvalue weighted by Gasteiger charge is -2.35. The molecule has 0 rings (SSSR count). The van der Waals surface area contributed by atoms with Crippen molar-refractivity contribution >= 4 is 0 Å². The van der Waals surface area contributed by atoms with Crippen molar-refractivity contribution in [2.24, 2.45) is 0 Å². The van der Waals surface area contributed by atoms with Gasteiger partial charge >= 0.3 is 0 Å². The van der Waals surface area contributed by atoms with Gasteiger partial charge in [-0.1, -0.05) is 97.8 Å². The highest BCUT2D eigenvalue weighted by molar-refractivity contribution is 4.51. The van der Waals surface area contributed by atoms with Crippen LogP contribution in [-0.2, 0) is 0 Å². The monoisotopic (exact) mass is 421 g/mol. The molecule has 0 radical (unpaired) electrons. The molecule has 0 bridgehead atoms. The van der Waals surface area contributed by atoms with Crippen LogP contribution in [0, 0.1) is 0 Å². The number of halogens is 1. The minimum atomic E-state index is 0. The van der Waals surface area contributed by atoms with Crippen LogP contribution in [0.1, 0.15) is 136 Å². The number of nitrogens with zero attached hydrogens (tertiary/aromatic N) is 1. The van der Waals surface area contributed by atoms with E-state index in [-0.39, 0.29) is 17.9 Å². The van der Waals surface area contributed by atoms with Crippen LogP contribution in [0.25, 0.3) is 0 Å². The highest BCUT2D eigenvalue weighted by Gasteiger charge is 2.20. The summed E-state index contributed by atoms with van der Waals surface area (Å²) in [6.45, 7) is 11.2.